The molecule has 1 atom stereocenters. The second-order valence-corrected chi connectivity index (χ2v) is 8.80. The van der Waals surface area contributed by atoms with E-state index in [1.807, 2.05) is 68.4 Å². The number of aromatic amines is 1. The number of aryl methyl sites for hydroxylation is 2. The third-order valence-electron chi connectivity index (χ3n) is 4.88. The molecule has 0 spiro atoms. The van der Waals surface area contributed by atoms with Gasteiger partial charge in [0.05, 0.1) is 10.9 Å². The molecule has 1 heterocycles. The van der Waals surface area contributed by atoms with E-state index < -0.39 is 16.1 Å². The molecule has 28 heavy (non-hydrogen) atoms. The van der Waals surface area contributed by atoms with Gasteiger partial charge >= 0.3 is 0 Å². The van der Waals surface area contributed by atoms with E-state index in [1.165, 1.54) is 0 Å². The fraction of sp³-hybridized carbons (Fsp3) is 0.130. The molecule has 1 unspecified atom stereocenters. The second-order valence-electron chi connectivity index (χ2n) is 7.09. The van der Waals surface area contributed by atoms with Crippen LogP contribution in [0.3, 0.4) is 0 Å². The van der Waals surface area contributed by atoms with E-state index in [-0.39, 0.29) is 4.90 Å². The molecule has 0 aliphatic rings. The van der Waals surface area contributed by atoms with E-state index in [9.17, 15) is 8.42 Å². The number of hydrogen-bond donors (Lipinski definition) is 2. The van der Waals surface area contributed by atoms with Crippen molar-refractivity contribution < 1.29 is 8.42 Å². The largest absolute Gasteiger partial charge is 0.357 e. The van der Waals surface area contributed by atoms with Crippen LogP contribution in [0, 0.1) is 13.8 Å². The molecule has 3 aromatic carbocycles. The highest BCUT2D eigenvalue weighted by Crippen LogP contribution is 2.27. The summed E-state index contributed by atoms with van der Waals surface area (Å²) in [6.45, 7) is 3.95. The van der Waals surface area contributed by atoms with Crippen LogP contribution in [0.15, 0.2) is 83.8 Å². The predicted molar refractivity (Wildman–Crippen MR) is 113 cm³/mol. The standard InChI is InChI=1S/C23H22N2O2S/c1-16-7-11-18(12-8-16)23(22-15-19-5-3-4-6-21(19)24-22)25-28(26,27)20-13-9-17(2)10-14-20/h3-15,23-25H,1-2H3. The molecule has 142 valence electrons. The zero-order chi connectivity index (χ0) is 19.7. The lowest BCUT2D eigenvalue weighted by Crippen LogP contribution is -2.29. The first-order valence-corrected chi connectivity index (χ1v) is 10.6. The van der Waals surface area contributed by atoms with Crippen LogP contribution in [0.5, 0.6) is 0 Å². The number of para-hydroxylation sites is 1. The van der Waals surface area contributed by atoms with Crippen molar-refractivity contribution in [3.05, 3.63) is 101 Å². The molecule has 1 aromatic heterocycles. The lowest BCUT2D eigenvalue weighted by Gasteiger charge is -2.19. The van der Waals surface area contributed by atoms with Gasteiger partial charge in [-0.25, -0.2) is 8.42 Å². The molecule has 5 heteroatoms. The fourth-order valence-corrected chi connectivity index (χ4v) is 4.47. The molecule has 0 saturated heterocycles. The van der Waals surface area contributed by atoms with Crippen molar-refractivity contribution in [3.8, 4) is 0 Å². The third kappa shape index (κ3) is 3.72. The number of fused-ring (bicyclic) bond motifs is 1. The van der Waals surface area contributed by atoms with Gasteiger partial charge in [0.2, 0.25) is 10.0 Å². The maximum absolute atomic E-state index is 13.1. The molecule has 0 aliphatic carbocycles. The predicted octanol–water partition coefficient (Wildman–Crippen LogP) is 4.85. The first-order chi connectivity index (χ1) is 13.4. The minimum absolute atomic E-state index is 0.256. The number of nitrogens with one attached hydrogen (secondary N) is 2. The van der Waals surface area contributed by atoms with Crippen LogP contribution in [-0.4, -0.2) is 13.4 Å². The lowest BCUT2D eigenvalue weighted by molar-refractivity contribution is 0.570. The Labute approximate surface area is 165 Å². The van der Waals surface area contributed by atoms with Crippen molar-refractivity contribution in [2.75, 3.05) is 0 Å². The smallest absolute Gasteiger partial charge is 0.241 e. The van der Waals surface area contributed by atoms with Crippen molar-refractivity contribution in [1.29, 1.82) is 0 Å². The van der Waals surface area contributed by atoms with Crippen LogP contribution in [0.2, 0.25) is 0 Å². The minimum Gasteiger partial charge on any atom is -0.357 e. The normalized spacial score (nSPS) is 12.9. The molecule has 0 saturated carbocycles. The van der Waals surface area contributed by atoms with Gasteiger partial charge in [0.15, 0.2) is 0 Å². The number of sulfonamides is 1. The van der Waals surface area contributed by atoms with Crippen molar-refractivity contribution in [2.24, 2.45) is 0 Å². The topological polar surface area (TPSA) is 62.0 Å². The van der Waals surface area contributed by atoms with E-state index in [4.69, 9.17) is 0 Å². The summed E-state index contributed by atoms with van der Waals surface area (Å²) in [5, 5.41) is 1.05. The van der Waals surface area contributed by atoms with Crippen LogP contribution in [0.25, 0.3) is 10.9 Å². The Balaban J connectivity index is 1.78. The number of H-pyrrole nitrogens is 1. The van der Waals surface area contributed by atoms with Gasteiger partial charge in [0, 0.05) is 11.2 Å². The van der Waals surface area contributed by atoms with Crippen molar-refractivity contribution >= 4 is 20.9 Å². The van der Waals surface area contributed by atoms with E-state index in [2.05, 4.69) is 9.71 Å². The summed E-state index contributed by atoms with van der Waals surface area (Å²) in [4.78, 5) is 3.62. The molecular formula is C23H22N2O2S. The molecule has 4 aromatic rings. The quantitative estimate of drug-likeness (QED) is 0.511. The molecule has 4 nitrogen and oxygen atoms in total. The Morgan fingerprint density at radius 2 is 1.43 bits per heavy atom. The van der Waals surface area contributed by atoms with Crippen LogP contribution in [0.1, 0.15) is 28.4 Å². The van der Waals surface area contributed by atoms with Gasteiger partial charge in [-0.15, -0.1) is 0 Å². The Bertz CT molecular complexity index is 1170. The number of aromatic nitrogens is 1. The maximum Gasteiger partial charge on any atom is 0.241 e. The number of benzene rings is 3. The van der Waals surface area contributed by atoms with Gasteiger partial charge in [0.25, 0.3) is 0 Å². The zero-order valence-corrected chi connectivity index (χ0v) is 16.6. The fourth-order valence-electron chi connectivity index (χ4n) is 3.26. The van der Waals surface area contributed by atoms with Gasteiger partial charge in [-0.3, -0.25) is 0 Å². The molecule has 0 bridgehead atoms. The average molecular weight is 391 g/mol. The summed E-state index contributed by atoms with van der Waals surface area (Å²) in [6.07, 6.45) is 0. The number of rotatable bonds is 5. The summed E-state index contributed by atoms with van der Waals surface area (Å²) in [5.41, 5.74) is 4.81. The highest BCUT2D eigenvalue weighted by molar-refractivity contribution is 7.89. The molecule has 4 rings (SSSR count). The zero-order valence-electron chi connectivity index (χ0n) is 15.8. The monoisotopic (exact) mass is 390 g/mol. The minimum atomic E-state index is -3.69. The summed E-state index contributed by atoms with van der Waals surface area (Å²) in [6, 6.07) is 24.2. The van der Waals surface area contributed by atoms with Gasteiger partial charge in [-0.1, -0.05) is 65.7 Å². The maximum atomic E-state index is 13.1. The van der Waals surface area contributed by atoms with E-state index in [0.29, 0.717) is 0 Å². The van der Waals surface area contributed by atoms with Crippen molar-refractivity contribution in [1.82, 2.24) is 9.71 Å². The average Bonchev–Trinajstić information content (AvgIpc) is 3.11. The van der Waals surface area contributed by atoms with Gasteiger partial charge in [0.1, 0.15) is 0 Å². The van der Waals surface area contributed by atoms with Gasteiger partial charge in [-0.05, 0) is 49.1 Å². The Hall–Kier alpha value is -2.89. The molecule has 0 radical (unpaired) electrons. The second kappa shape index (κ2) is 7.26. The first-order valence-electron chi connectivity index (χ1n) is 9.16. The Morgan fingerprint density at radius 1 is 0.821 bits per heavy atom. The van der Waals surface area contributed by atoms with E-state index >= 15 is 0 Å². The lowest BCUT2D eigenvalue weighted by atomic mass is 10.0. The first kappa shape index (κ1) is 18.5. The third-order valence-corrected chi connectivity index (χ3v) is 6.32. The van der Waals surface area contributed by atoms with Gasteiger partial charge in [-0.2, -0.15) is 4.72 Å². The molecular weight excluding hydrogens is 368 g/mol. The van der Waals surface area contributed by atoms with Crippen LogP contribution >= 0.6 is 0 Å². The summed E-state index contributed by atoms with van der Waals surface area (Å²) in [7, 11) is -3.69. The van der Waals surface area contributed by atoms with Crippen molar-refractivity contribution in [2.45, 2.75) is 24.8 Å². The summed E-state index contributed by atoms with van der Waals surface area (Å²) >= 11 is 0. The molecule has 0 aliphatic heterocycles. The number of hydrogen-bond acceptors (Lipinski definition) is 2. The molecule has 0 fully saturated rings. The SMILES string of the molecule is Cc1ccc(C(NS(=O)(=O)c2ccc(C)cc2)c2cc3ccccc3[nH]2)cc1. The van der Waals surface area contributed by atoms with Gasteiger partial charge < -0.3 is 4.98 Å². The van der Waals surface area contributed by atoms with E-state index in [1.54, 1.807) is 24.3 Å². The highest BCUT2D eigenvalue weighted by atomic mass is 32.2. The highest BCUT2D eigenvalue weighted by Gasteiger charge is 2.24. The molecule has 0 amide bonds. The summed E-state index contributed by atoms with van der Waals surface area (Å²) < 4.78 is 29.0. The van der Waals surface area contributed by atoms with Crippen LogP contribution in [-0.2, 0) is 10.0 Å². The Kier molecular flexibility index (Phi) is 4.79. The molecule has 2 N–H and O–H groups in total. The Morgan fingerprint density at radius 3 is 2.07 bits per heavy atom. The summed E-state index contributed by atoms with van der Waals surface area (Å²) in [5.74, 6) is 0. The van der Waals surface area contributed by atoms with Crippen molar-refractivity contribution in [3.63, 3.8) is 0 Å². The van der Waals surface area contributed by atoms with Crippen LogP contribution < -0.4 is 4.72 Å². The van der Waals surface area contributed by atoms with E-state index in [0.717, 1.165) is 33.3 Å². The van der Waals surface area contributed by atoms with Crippen LogP contribution in [0.4, 0.5) is 0 Å².